The summed E-state index contributed by atoms with van der Waals surface area (Å²) >= 11 is 5.89. The average molecular weight is 358 g/mol. The van der Waals surface area contributed by atoms with Crippen molar-refractivity contribution in [1.29, 1.82) is 0 Å². The van der Waals surface area contributed by atoms with Crippen LogP contribution in [0.2, 0.25) is 5.02 Å². The van der Waals surface area contributed by atoms with Crippen molar-refractivity contribution >= 4 is 23.3 Å². The number of halogens is 1. The first kappa shape index (κ1) is 17.6. The van der Waals surface area contributed by atoms with Crippen LogP contribution >= 0.6 is 11.6 Å². The highest BCUT2D eigenvalue weighted by Gasteiger charge is 2.28. The van der Waals surface area contributed by atoms with Crippen LogP contribution in [0.15, 0.2) is 48.5 Å². The fraction of sp³-hybridized carbons (Fsp3) is 0.300. The zero-order valence-corrected chi connectivity index (χ0v) is 15.0. The largest absolute Gasteiger partial charge is 0.372 e. The highest BCUT2D eigenvalue weighted by Crippen LogP contribution is 2.20. The van der Waals surface area contributed by atoms with E-state index in [9.17, 15) is 9.59 Å². The third-order valence-corrected chi connectivity index (χ3v) is 4.47. The van der Waals surface area contributed by atoms with Gasteiger partial charge in [-0.15, -0.1) is 0 Å². The Hall–Kier alpha value is -2.17. The number of nitrogens with zero attached hydrogens (tertiary/aromatic N) is 1. The lowest BCUT2D eigenvalue weighted by atomic mass is 9.97. The van der Waals surface area contributed by atoms with Gasteiger partial charge in [0.05, 0.1) is 17.8 Å². The predicted octanol–water partition coefficient (Wildman–Crippen LogP) is 3.82. The number of ketones is 1. The molecular weight excluding hydrogens is 338 g/mol. The maximum atomic E-state index is 13.0. The monoisotopic (exact) mass is 357 g/mol. The van der Waals surface area contributed by atoms with Gasteiger partial charge in [-0.05, 0) is 44.2 Å². The Labute approximate surface area is 152 Å². The van der Waals surface area contributed by atoms with E-state index in [1.165, 1.54) is 0 Å². The first-order valence-electron chi connectivity index (χ1n) is 8.29. The van der Waals surface area contributed by atoms with Crippen molar-refractivity contribution in [2.75, 3.05) is 13.1 Å². The lowest BCUT2D eigenvalue weighted by Crippen LogP contribution is -2.48. The molecule has 1 aliphatic rings. The Morgan fingerprint density at radius 2 is 1.52 bits per heavy atom. The molecule has 0 aromatic heterocycles. The van der Waals surface area contributed by atoms with Crippen molar-refractivity contribution in [2.45, 2.75) is 26.1 Å². The number of ether oxygens (including phenoxy) is 1. The maximum Gasteiger partial charge on any atom is 0.254 e. The fourth-order valence-electron chi connectivity index (χ4n) is 3.14. The van der Waals surface area contributed by atoms with Gasteiger partial charge in [0.1, 0.15) is 0 Å². The fourth-order valence-corrected chi connectivity index (χ4v) is 3.26. The lowest BCUT2D eigenvalue weighted by molar-refractivity contribution is -0.0586. The second kappa shape index (κ2) is 7.38. The van der Waals surface area contributed by atoms with Crippen LogP contribution < -0.4 is 0 Å². The number of hydrogen-bond donors (Lipinski definition) is 0. The highest BCUT2D eigenvalue weighted by atomic mass is 35.5. The molecule has 0 spiro atoms. The summed E-state index contributed by atoms with van der Waals surface area (Å²) in [7, 11) is 0. The molecule has 1 heterocycles. The number of benzene rings is 2. The van der Waals surface area contributed by atoms with E-state index in [0.29, 0.717) is 34.8 Å². The summed E-state index contributed by atoms with van der Waals surface area (Å²) in [6.45, 7) is 4.93. The van der Waals surface area contributed by atoms with Gasteiger partial charge in [0.15, 0.2) is 5.78 Å². The van der Waals surface area contributed by atoms with Gasteiger partial charge in [-0.3, -0.25) is 9.59 Å². The molecule has 5 heteroatoms. The van der Waals surface area contributed by atoms with E-state index >= 15 is 0 Å². The topological polar surface area (TPSA) is 46.6 Å². The first-order valence-corrected chi connectivity index (χ1v) is 8.67. The molecule has 4 nitrogen and oxygen atoms in total. The van der Waals surface area contributed by atoms with Gasteiger partial charge >= 0.3 is 0 Å². The summed E-state index contributed by atoms with van der Waals surface area (Å²) in [6, 6.07) is 13.6. The summed E-state index contributed by atoms with van der Waals surface area (Å²) in [5, 5.41) is 0.567. The first-order chi connectivity index (χ1) is 12.0. The number of amides is 1. The van der Waals surface area contributed by atoms with Crippen LogP contribution in [-0.2, 0) is 4.74 Å². The second-order valence-electron chi connectivity index (χ2n) is 6.35. The van der Waals surface area contributed by atoms with Gasteiger partial charge in [0.2, 0.25) is 0 Å². The molecule has 0 unspecified atom stereocenters. The summed E-state index contributed by atoms with van der Waals surface area (Å²) < 4.78 is 5.69. The molecule has 2 aromatic rings. The second-order valence-corrected chi connectivity index (χ2v) is 6.79. The molecule has 1 amide bonds. The van der Waals surface area contributed by atoms with Crippen molar-refractivity contribution in [3.63, 3.8) is 0 Å². The Morgan fingerprint density at radius 1 is 0.960 bits per heavy atom. The summed E-state index contributed by atoms with van der Waals surface area (Å²) in [6.07, 6.45) is -0.0429. The van der Waals surface area contributed by atoms with Crippen LogP contribution in [0.5, 0.6) is 0 Å². The molecule has 0 radical (unpaired) electrons. The molecule has 0 bridgehead atoms. The molecule has 3 rings (SSSR count). The normalized spacial score (nSPS) is 20.4. The van der Waals surface area contributed by atoms with Gasteiger partial charge in [0, 0.05) is 29.2 Å². The van der Waals surface area contributed by atoms with Gasteiger partial charge in [0.25, 0.3) is 5.91 Å². The van der Waals surface area contributed by atoms with Crippen molar-refractivity contribution in [2.24, 2.45) is 0 Å². The van der Waals surface area contributed by atoms with Crippen molar-refractivity contribution in [1.82, 2.24) is 4.90 Å². The smallest absolute Gasteiger partial charge is 0.254 e. The molecule has 0 N–H and O–H groups in total. The van der Waals surface area contributed by atoms with Crippen LogP contribution in [0.4, 0.5) is 0 Å². The van der Waals surface area contributed by atoms with E-state index in [1.807, 2.05) is 13.8 Å². The van der Waals surface area contributed by atoms with Gasteiger partial charge in [-0.1, -0.05) is 29.8 Å². The van der Waals surface area contributed by atoms with E-state index in [4.69, 9.17) is 16.3 Å². The molecular formula is C20H20ClNO3. The molecule has 1 saturated heterocycles. The number of morpholine rings is 1. The average Bonchev–Trinajstić information content (AvgIpc) is 2.60. The molecule has 130 valence electrons. The minimum absolute atomic E-state index is 0.0215. The van der Waals surface area contributed by atoms with Gasteiger partial charge < -0.3 is 9.64 Å². The van der Waals surface area contributed by atoms with Crippen LogP contribution in [0.3, 0.4) is 0 Å². The standard InChI is InChI=1S/C20H20ClNO3/c1-13-11-22(12-14(2)25-13)20(24)18-6-4-3-5-17(18)19(23)15-7-9-16(21)10-8-15/h3-10,13-14H,11-12H2,1-2H3/t13-,14-/m0/s1. The maximum absolute atomic E-state index is 13.0. The predicted molar refractivity (Wildman–Crippen MR) is 97.2 cm³/mol. The van der Waals surface area contributed by atoms with Crippen molar-refractivity contribution in [3.8, 4) is 0 Å². The van der Waals surface area contributed by atoms with Crippen LogP contribution in [0, 0.1) is 0 Å². The summed E-state index contributed by atoms with van der Waals surface area (Å²) in [5.41, 5.74) is 1.33. The number of carbonyl (C=O) groups excluding carboxylic acids is 2. The minimum Gasteiger partial charge on any atom is -0.372 e. The highest BCUT2D eigenvalue weighted by molar-refractivity contribution is 6.30. The molecule has 0 aliphatic carbocycles. The molecule has 0 saturated carbocycles. The van der Waals surface area contributed by atoms with Crippen LogP contribution in [0.1, 0.15) is 40.1 Å². The Kier molecular flexibility index (Phi) is 5.21. The van der Waals surface area contributed by atoms with Crippen LogP contribution in [-0.4, -0.2) is 41.9 Å². The van der Waals surface area contributed by atoms with Gasteiger partial charge in [-0.2, -0.15) is 0 Å². The summed E-state index contributed by atoms with van der Waals surface area (Å²) in [4.78, 5) is 27.6. The molecule has 2 atom stereocenters. The van der Waals surface area contributed by atoms with Gasteiger partial charge in [-0.25, -0.2) is 0 Å². The van der Waals surface area contributed by atoms with E-state index in [1.54, 1.807) is 53.4 Å². The number of hydrogen-bond acceptors (Lipinski definition) is 3. The summed E-state index contributed by atoms with van der Waals surface area (Å²) in [5.74, 6) is -0.324. The molecule has 1 aliphatic heterocycles. The molecule has 1 fully saturated rings. The van der Waals surface area contributed by atoms with Crippen molar-refractivity contribution < 1.29 is 14.3 Å². The van der Waals surface area contributed by atoms with E-state index < -0.39 is 0 Å². The van der Waals surface area contributed by atoms with E-state index in [-0.39, 0.29) is 23.9 Å². The Balaban J connectivity index is 1.91. The third kappa shape index (κ3) is 3.91. The minimum atomic E-state index is -0.185. The Morgan fingerprint density at radius 3 is 2.12 bits per heavy atom. The molecule has 25 heavy (non-hydrogen) atoms. The number of rotatable bonds is 3. The van der Waals surface area contributed by atoms with E-state index in [2.05, 4.69) is 0 Å². The zero-order chi connectivity index (χ0) is 18.0. The van der Waals surface area contributed by atoms with E-state index in [0.717, 1.165) is 0 Å². The van der Waals surface area contributed by atoms with Crippen molar-refractivity contribution in [3.05, 3.63) is 70.2 Å². The zero-order valence-electron chi connectivity index (χ0n) is 14.2. The number of carbonyl (C=O) groups is 2. The quantitative estimate of drug-likeness (QED) is 0.784. The molecule has 2 aromatic carbocycles. The van der Waals surface area contributed by atoms with Crippen LogP contribution in [0.25, 0.3) is 0 Å². The Bertz CT molecular complexity index is 778. The lowest BCUT2D eigenvalue weighted by Gasteiger charge is -2.35. The third-order valence-electron chi connectivity index (χ3n) is 4.22. The SMILES string of the molecule is C[C@H]1CN(C(=O)c2ccccc2C(=O)c2ccc(Cl)cc2)C[C@H](C)O1.